The average Bonchev–Trinajstić information content (AvgIpc) is 2.64. The van der Waals surface area contributed by atoms with Gasteiger partial charge in [-0.05, 0) is 23.5 Å². The van der Waals surface area contributed by atoms with Crippen molar-refractivity contribution in [1.82, 2.24) is 0 Å². The summed E-state index contributed by atoms with van der Waals surface area (Å²) >= 11 is 0. The lowest BCUT2D eigenvalue weighted by atomic mass is 9.94. The minimum atomic E-state index is 0.563. The molecule has 0 unspecified atom stereocenters. The molecule has 0 aromatic heterocycles. The zero-order valence-electron chi connectivity index (χ0n) is 9.26. The molecule has 1 aliphatic heterocycles. The monoisotopic (exact) mass is 190 g/mol. The number of fused-ring (bicyclic) bond motifs is 1. The molecule has 0 saturated carbocycles. The lowest BCUT2D eigenvalue weighted by Gasteiger charge is -2.13. The van der Waals surface area contributed by atoms with Gasteiger partial charge in [0.15, 0.2) is 0 Å². The molecule has 1 heteroatoms. The summed E-state index contributed by atoms with van der Waals surface area (Å²) in [6.07, 6.45) is 2.21. The standard InChI is InChI=1S/C13H18O/c1-4-10-5-6-11(9(2)3)13-12(10)7-8-14-13/h5-6,9H,4,7-8H2,1-3H3. The Bertz CT molecular complexity index is 339. The Morgan fingerprint density at radius 2 is 2.14 bits per heavy atom. The molecule has 1 aliphatic rings. The summed E-state index contributed by atoms with van der Waals surface area (Å²) in [5.74, 6) is 1.74. The average molecular weight is 190 g/mol. The quantitative estimate of drug-likeness (QED) is 0.695. The lowest BCUT2D eigenvalue weighted by molar-refractivity contribution is 0.352. The molecule has 0 atom stereocenters. The van der Waals surface area contributed by atoms with E-state index < -0.39 is 0 Å². The van der Waals surface area contributed by atoms with Gasteiger partial charge in [-0.25, -0.2) is 0 Å². The Morgan fingerprint density at radius 3 is 2.79 bits per heavy atom. The van der Waals surface area contributed by atoms with Crippen LogP contribution in [0.1, 0.15) is 43.4 Å². The van der Waals surface area contributed by atoms with Crippen LogP contribution in [0.4, 0.5) is 0 Å². The van der Waals surface area contributed by atoms with Gasteiger partial charge in [0, 0.05) is 12.0 Å². The van der Waals surface area contributed by atoms with Crippen LogP contribution in [0.3, 0.4) is 0 Å². The van der Waals surface area contributed by atoms with E-state index in [0.29, 0.717) is 5.92 Å². The van der Waals surface area contributed by atoms with Crippen LogP contribution in [0.15, 0.2) is 12.1 Å². The van der Waals surface area contributed by atoms with Crippen molar-refractivity contribution in [3.05, 3.63) is 28.8 Å². The van der Waals surface area contributed by atoms with Gasteiger partial charge < -0.3 is 4.74 Å². The second-order valence-electron chi connectivity index (χ2n) is 4.23. The van der Waals surface area contributed by atoms with Gasteiger partial charge >= 0.3 is 0 Å². The van der Waals surface area contributed by atoms with Crippen molar-refractivity contribution in [3.8, 4) is 5.75 Å². The van der Waals surface area contributed by atoms with Gasteiger partial charge in [-0.2, -0.15) is 0 Å². The van der Waals surface area contributed by atoms with E-state index in [1.807, 2.05) is 0 Å². The van der Waals surface area contributed by atoms with Gasteiger partial charge in [0.1, 0.15) is 5.75 Å². The fourth-order valence-corrected chi connectivity index (χ4v) is 2.17. The molecular weight excluding hydrogens is 172 g/mol. The van der Waals surface area contributed by atoms with E-state index >= 15 is 0 Å². The zero-order valence-corrected chi connectivity index (χ0v) is 9.26. The Hall–Kier alpha value is -0.980. The topological polar surface area (TPSA) is 9.23 Å². The summed E-state index contributed by atoms with van der Waals surface area (Å²) in [6, 6.07) is 4.50. The van der Waals surface area contributed by atoms with E-state index in [0.717, 1.165) is 19.4 Å². The van der Waals surface area contributed by atoms with Crippen molar-refractivity contribution < 1.29 is 4.74 Å². The summed E-state index contributed by atoms with van der Waals surface area (Å²) in [6.45, 7) is 7.53. The van der Waals surface area contributed by atoms with Crippen LogP contribution in [0.5, 0.6) is 5.75 Å². The molecule has 0 aliphatic carbocycles. The number of benzene rings is 1. The van der Waals surface area contributed by atoms with Crippen LogP contribution in [-0.4, -0.2) is 6.61 Å². The van der Waals surface area contributed by atoms with E-state index in [1.165, 1.54) is 22.4 Å². The van der Waals surface area contributed by atoms with Crippen LogP contribution < -0.4 is 4.74 Å². The van der Waals surface area contributed by atoms with Crippen molar-refractivity contribution in [2.24, 2.45) is 0 Å². The summed E-state index contributed by atoms with van der Waals surface area (Å²) in [4.78, 5) is 0. The number of hydrogen-bond donors (Lipinski definition) is 0. The van der Waals surface area contributed by atoms with Gasteiger partial charge in [0.05, 0.1) is 6.61 Å². The fourth-order valence-electron chi connectivity index (χ4n) is 2.17. The highest BCUT2D eigenvalue weighted by molar-refractivity contribution is 5.50. The minimum absolute atomic E-state index is 0.563. The van der Waals surface area contributed by atoms with Crippen molar-refractivity contribution >= 4 is 0 Å². The normalized spacial score (nSPS) is 14.3. The molecule has 76 valence electrons. The molecule has 1 nitrogen and oxygen atoms in total. The molecule has 2 rings (SSSR count). The van der Waals surface area contributed by atoms with E-state index in [1.54, 1.807) is 0 Å². The Morgan fingerprint density at radius 1 is 1.36 bits per heavy atom. The summed E-state index contributed by atoms with van der Waals surface area (Å²) in [5.41, 5.74) is 4.29. The maximum atomic E-state index is 5.73. The molecule has 1 aromatic carbocycles. The molecule has 0 bridgehead atoms. The Kier molecular flexibility index (Phi) is 2.49. The first-order chi connectivity index (χ1) is 6.74. The van der Waals surface area contributed by atoms with Crippen LogP contribution in [0, 0.1) is 0 Å². The number of rotatable bonds is 2. The van der Waals surface area contributed by atoms with E-state index in [4.69, 9.17) is 4.74 Å². The molecule has 0 amide bonds. The number of hydrogen-bond acceptors (Lipinski definition) is 1. The number of aryl methyl sites for hydroxylation is 1. The molecule has 0 radical (unpaired) electrons. The molecule has 1 heterocycles. The summed E-state index contributed by atoms with van der Waals surface area (Å²) in [7, 11) is 0. The first-order valence-corrected chi connectivity index (χ1v) is 5.51. The van der Waals surface area contributed by atoms with E-state index in [9.17, 15) is 0 Å². The third-order valence-corrected chi connectivity index (χ3v) is 2.99. The first-order valence-electron chi connectivity index (χ1n) is 5.51. The van der Waals surface area contributed by atoms with Crippen LogP contribution in [0.2, 0.25) is 0 Å². The smallest absolute Gasteiger partial charge is 0.126 e. The van der Waals surface area contributed by atoms with Crippen LogP contribution in [-0.2, 0) is 12.8 Å². The van der Waals surface area contributed by atoms with Gasteiger partial charge in [0.2, 0.25) is 0 Å². The van der Waals surface area contributed by atoms with E-state index in [-0.39, 0.29) is 0 Å². The largest absolute Gasteiger partial charge is 0.493 e. The Balaban J connectivity index is 2.53. The van der Waals surface area contributed by atoms with Gasteiger partial charge in [-0.15, -0.1) is 0 Å². The first kappa shape index (κ1) is 9.57. The zero-order chi connectivity index (χ0) is 10.1. The maximum Gasteiger partial charge on any atom is 0.126 e. The molecule has 1 aromatic rings. The van der Waals surface area contributed by atoms with Crippen molar-refractivity contribution in [1.29, 1.82) is 0 Å². The molecule has 0 N–H and O–H groups in total. The highest BCUT2D eigenvalue weighted by Gasteiger charge is 2.20. The highest BCUT2D eigenvalue weighted by Crippen LogP contribution is 2.36. The van der Waals surface area contributed by atoms with Crippen molar-refractivity contribution in [2.45, 2.75) is 39.5 Å². The minimum Gasteiger partial charge on any atom is -0.493 e. The second-order valence-corrected chi connectivity index (χ2v) is 4.23. The van der Waals surface area contributed by atoms with Crippen molar-refractivity contribution in [3.63, 3.8) is 0 Å². The van der Waals surface area contributed by atoms with Crippen molar-refractivity contribution in [2.75, 3.05) is 6.61 Å². The highest BCUT2D eigenvalue weighted by atomic mass is 16.5. The van der Waals surface area contributed by atoms with Crippen LogP contribution in [0.25, 0.3) is 0 Å². The molecule has 0 saturated heterocycles. The maximum absolute atomic E-state index is 5.73. The number of ether oxygens (including phenoxy) is 1. The summed E-state index contributed by atoms with van der Waals surface area (Å²) in [5, 5.41) is 0. The molecule has 0 fully saturated rings. The third kappa shape index (κ3) is 1.41. The van der Waals surface area contributed by atoms with Crippen LogP contribution >= 0.6 is 0 Å². The third-order valence-electron chi connectivity index (χ3n) is 2.99. The molecule has 0 spiro atoms. The lowest BCUT2D eigenvalue weighted by Crippen LogP contribution is -1.95. The van der Waals surface area contributed by atoms with Gasteiger partial charge in [-0.3, -0.25) is 0 Å². The van der Waals surface area contributed by atoms with Gasteiger partial charge in [-0.1, -0.05) is 32.9 Å². The fraction of sp³-hybridized carbons (Fsp3) is 0.538. The van der Waals surface area contributed by atoms with E-state index in [2.05, 4.69) is 32.9 Å². The Labute approximate surface area is 86.1 Å². The molecular formula is C13H18O. The SMILES string of the molecule is CCc1ccc(C(C)C)c2c1CCO2. The predicted octanol–water partition coefficient (Wildman–Crippen LogP) is 3.31. The predicted molar refractivity (Wildman–Crippen MR) is 59.1 cm³/mol. The second kappa shape index (κ2) is 3.64. The van der Waals surface area contributed by atoms with Gasteiger partial charge in [0.25, 0.3) is 0 Å². The molecule has 14 heavy (non-hydrogen) atoms. The summed E-state index contributed by atoms with van der Waals surface area (Å²) < 4.78 is 5.73.